The van der Waals surface area contributed by atoms with Gasteiger partial charge in [0.15, 0.2) is 0 Å². The van der Waals surface area contributed by atoms with Gasteiger partial charge in [0.05, 0.1) is 45.5 Å². The number of ether oxygens (including phenoxy) is 3. The Morgan fingerprint density at radius 1 is 0.776 bits per heavy atom. The molecular weight excluding hydrogens is 901 g/mol. The average molecular weight is 951 g/mol. The number of imidazole rings is 1. The fourth-order valence-electron chi connectivity index (χ4n) is 7.25. The summed E-state index contributed by atoms with van der Waals surface area (Å²) in [7, 11) is -5.00. The highest BCUT2D eigenvalue weighted by molar-refractivity contribution is 7.92. The van der Waals surface area contributed by atoms with E-state index in [9.17, 15) is 18.3 Å². The molecule has 350 valence electrons. The molecule has 7 rings (SSSR count). The van der Waals surface area contributed by atoms with Crippen molar-refractivity contribution < 1.29 is 40.9 Å². The Morgan fingerprint density at radius 3 is 1.85 bits per heavy atom. The summed E-state index contributed by atoms with van der Waals surface area (Å²) in [6.07, 6.45) is 3.44. The lowest BCUT2D eigenvalue weighted by molar-refractivity contribution is 0.195. The maximum atomic E-state index is 16.0. The second-order valence-electron chi connectivity index (χ2n) is 16.2. The minimum Gasteiger partial charge on any atom is -0.497 e. The van der Waals surface area contributed by atoms with Crippen molar-refractivity contribution in [2.24, 2.45) is 0 Å². The number of aromatic nitrogens is 7. The first-order chi connectivity index (χ1) is 32.0. The number of nitrogens with one attached hydrogen (secondary N) is 2. The summed E-state index contributed by atoms with van der Waals surface area (Å²) in [5.74, 6) is 1.63. The highest BCUT2D eigenvalue weighted by Crippen LogP contribution is 2.42. The summed E-state index contributed by atoms with van der Waals surface area (Å²) >= 11 is 0. The Kier molecular flexibility index (Phi) is 14.3. The number of aromatic amines is 1. The molecule has 1 amide bonds. The first-order valence-corrected chi connectivity index (χ1v) is 23.7. The second kappa shape index (κ2) is 20.1. The monoisotopic (exact) mass is 950 g/mol. The molecule has 0 radical (unpaired) electrons. The topological polar surface area (TPSA) is 237 Å². The molecule has 0 unspecified atom stereocenters. The van der Waals surface area contributed by atoms with Crippen LogP contribution in [-0.4, -0.2) is 101 Å². The summed E-state index contributed by atoms with van der Waals surface area (Å²) in [6.45, 7) is 4.73. The normalized spacial score (nSPS) is 12.0. The molecule has 0 bridgehead atoms. The van der Waals surface area contributed by atoms with E-state index >= 15 is 8.42 Å². The van der Waals surface area contributed by atoms with Gasteiger partial charge in [0, 0.05) is 49.6 Å². The number of methoxy groups -OCH3 is 3. The van der Waals surface area contributed by atoms with Gasteiger partial charge in [-0.2, -0.15) is 9.10 Å². The third-order valence-electron chi connectivity index (χ3n) is 10.6. The standard InChI is InChI=1S/C46H50N10O9S2/c1-46(2,3)56(45(57)58)41-22-13-34(25-48-41)39-20-21-40(66(59,60)50-24-23-35-26-47-30-49-35)43(42(39)44-51-53-55(52-44)29-33-11-18-38(65-6)19-12-33)67(61,62)54(27-31-7-14-36(63-4)15-8-31)28-32-9-16-37(64-5)17-10-32/h7-22,25-26,30,50H,23-24,27-29H2,1-6H3,(H,47,49)(H,57,58). The highest BCUT2D eigenvalue weighted by atomic mass is 32.2. The van der Waals surface area contributed by atoms with E-state index in [2.05, 4.69) is 35.1 Å². The minimum absolute atomic E-state index is 0.104. The zero-order valence-electron chi connectivity index (χ0n) is 37.6. The Balaban J connectivity index is 1.47. The van der Waals surface area contributed by atoms with Gasteiger partial charge in [0.25, 0.3) is 0 Å². The molecule has 0 saturated heterocycles. The van der Waals surface area contributed by atoms with E-state index in [1.54, 1.807) is 101 Å². The summed E-state index contributed by atoms with van der Waals surface area (Å²) in [5, 5.41) is 23.5. The number of benzene rings is 4. The average Bonchev–Trinajstić information content (AvgIpc) is 4.01. The van der Waals surface area contributed by atoms with Crippen LogP contribution in [-0.2, 0) is 46.1 Å². The van der Waals surface area contributed by atoms with Crippen molar-refractivity contribution in [3.05, 3.63) is 138 Å². The van der Waals surface area contributed by atoms with Crippen LogP contribution in [0.1, 0.15) is 43.2 Å². The number of H-pyrrole nitrogens is 1. The summed E-state index contributed by atoms with van der Waals surface area (Å²) in [4.78, 5) is 25.1. The molecule has 3 N–H and O–H groups in total. The predicted molar refractivity (Wildman–Crippen MR) is 249 cm³/mol. The Labute approximate surface area is 388 Å². The zero-order valence-corrected chi connectivity index (χ0v) is 39.2. The molecule has 0 aliphatic rings. The van der Waals surface area contributed by atoms with Crippen molar-refractivity contribution >= 4 is 32.0 Å². The largest absolute Gasteiger partial charge is 0.497 e. The molecule has 67 heavy (non-hydrogen) atoms. The van der Waals surface area contributed by atoms with E-state index in [-0.39, 0.29) is 55.4 Å². The van der Waals surface area contributed by atoms with Gasteiger partial charge in [0.2, 0.25) is 25.9 Å². The van der Waals surface area contributed by atoms with E-state index in [0.29, 0.717) is 39.6 Å². The molecule has 0 aliphatic carbocycles. The van der Waals surface area contributed by atoms with Gasteiger partial charge in [-0.05, 0) is 103 Å². The number of sulfonamides is 2. The number of carboxylic acid groups (broad SMARTS) is 1. The number of hydrogen-bond acceptors (Lipinski definition) is 13. The van der Waals surface area contributed by atoms with E-state index < -0.39 is 41.5 Å². The van der Waals surface area contributed by atoms with Gasteiger partial charge in [-0.15, -0.1) is 10.2 Å². The molecule has 0 fully saturated rings. The SMILES string of the molecule is COc1ccc(CN(Cc2ccc(OC)cc2)S(=O)(=O)c2c(S(=O)(=O)NCCc3c[nH]cn3)ccc(-c3ccc(N(C(=O)O)C(C)(C)C)nc3)c2-c2nnn(Cc3ccc(OC)cc3)n2)cc1. The highest BCUT2D eigenvalue weighted by Gasteiger charge is 2.38. The zero-order chi connectivity index (χ0) is 47.9. The van der Waals surface area contributed by atoms with Gasteiger partial charge < -0.3 is 24.3 Å². The number of anilines is 1. The van der Waals surface area contributed by atoms with Crippen LogP contribution in [0.5, 0.6) is 17.2 Å². The number of nitrogens with zero attached hydrogens (tertiary/aromatic N) is 8. The van der Waals surface area contributed by atoms with Crippen LogP contribution in [0.2, 0.25) is 0 Å². The van der Waals surface area contributed by atoms with Crippen LogP contribution < -0.4 is 23.8 Å². The Bertz CT molecular complexity index is 2970. The van der Waals surface area contributed by atoms with Gasteiger partial charge in [-0.1, -0.05) is 42.5 Å². The molecule has 4 aromatic carbocycles. The van der Waals surface area contributed by atoms with Gasteiger partial charge >= 0.3 is 6.09 Å². The number of tetrazole rings is 1. The van der Waals surface area contributed by atoms with E-state index in [0.717, 1.165) is 10.5 Å². The lowest BCUT2D eigenvalue weighted by Gasteiger charge is -2.32. The van der Waals surface area contributed by atoms with Crippen molar-refractivity contribution in [2.75, 3.05) is 32.8 Å². The number of carbonyl (C=O) groups is 1. The lowest BCUT2D eigenvalue weighted by atomic mass is 10.00. The lowest BCUT2D eigenvalue weighted by Crippen LogP contribution is -2.45. The minimum atomic E-state index is -4.93. The first-order valence-electron chi connectivity index (χ1n) is 20.8. The van der Waals surface area contributed by atoms with Gasteiger partial charge in [0.1, 0.15) is 32.9 Å². The fraction of sp³-hybridized carbons (Fsp3) is 0.261. The second-order valence-corrected chi connectivity index (χ2v) is 19.8. The number of rotatable bonds is 19. The summed E-state index contributed by atoms with van der Waals surface area (Å²) in [6, 6.07) is 26.6. The molecule has 3 heterocycles. The summed E-state index contributed by atoms with van der Waals surface area (Å²) in [5.41, 5.74) is 1.89. The molecule has 0 atom stereocenters. The predicted octanol–water partition coefficient (Wildman–Crippen LogP) is 6.39. The maximum Gasteiger partial charge on any atom is 0.413 e. The molecule has 21 heteroatoms. The van der Waals surface area contributed by atoms with Crippen LogP contribution in [0.4, 0.5) is 10.6 Å². The third kappa shape index (κ3) is 11.1. The maximum absolute atomic E-state index is 16.0. The van der Waals surface area contributed by atoms with Crippen LogP contribution >= 0.6 is 0 Å². The first kappa shape index (κ1) is 47.8. The van der Waals surface area contributed by atoms with Gasteiger partial charge in [-0.25, -0.2) is 36.3 Å². The molecule has 7 aromatic rings. The molecule has 19 nitrogen and oxygen atoms in total. The smallest absolute Gasteiger partial charge is 0.413 e. The molecular formula is C46H50N10O9S2. The Morgan fingerprint density at radius 2 is 1.36 bits per heavy atom. The van der Waals surface area contributed by atoms with E-state index in [1.807, 2.05) is 12.1 Å². The number of pyridine rings is 1. The molecule has 0 aliphatic heterocycles. The van der Waals surface area contributed by atoms with Gasteiger partial charge in [-0.3, -0.25) is 4.90 Å². The fourth-order valence-corrected chi connectivity index (χ4v) is 10.7. The van der Waals surface area contributed by atoms with Crippen molar-refractivity contribution in [2.45, 2.75) is 62.2 Å². The molecule has 0 saturated carbocycles. The van der Waals surface area contributed by atoms with Crippen LogP contribution in [0, 0.1) is 0 Å². The molecule has 0 spiro atoms. The number of hydrogen-bond donors (Lipinski definition) is 3. The Hall–Kier alpha value is -7.20. The number of amides is 1. The van der Waals surface area contributed by atoms with E-state index in [4.69, 9.17) is 14.2 Å². The van der Waals surface area contributed by atoms with Crippen LogP contribution in [0.3, 0.4) is 0 Å². The van der Waals surface area contributed by atoms with E-state index in [1.165, 1.54) is 54.0 Å². The van der Waals surface area contributed by atoms with Crippen molar-refractivity contribution in [3.8, 4) is 39.8 Å². The van der Waals surface area contributed by atoms with Crippen molar-refractivity contribution in [3.63, 3.8) is 0 Å². The molecule has 3 aromatic heterocycles. The quantitative estimate of drug-likeness (QED) is 0.0796. The van der Waals surface area contributed by atoms with Crippen molar-refractivity contribution in [1.82, 2.24) is 44.2 Å². The van der Waals surface area contributed by atoms with Crippen molar-refractivity contribution in [1.29, 1.82) is 0 Å². The van der Waals surface area contributed by atoms with Crippen LogP contribution in [0.15, 0.2) is 126 Å². The van der Waals surface area contributed by atoms with Crippen LogP contribution in [0.25, 0.3) is 22.5 Å². The third-order valence-corrected chi connectivity index (χ3v) is 14.1. The summed E-state index contributed by atoms with van der Waals surface area (Å²) < 4.78 is 81.2.